The predicted molar refractivity (Wildman–Crippen MR) is 111 cm³/mol. The van der Waals surface area contributed by atoms with Crippen molar-refractivity contribution in [3.05, 3.63) is 72.1 Å². The maximum absolute atomic E-state index is 5.60. The molecule has 4 rings (SSSR count). The molecule has 5 nitrogen and oxygen atoms in total. The third-order valence-electron chi connectivity index (χ3n) is 5.15. The Morgan fingerprint density at radius 3 is 2.68 bits per heavy atom. The number of aromatic nitrogens is 3. The summed E-state index contributed by atoms with van der Waals surface area (Å²) < 4.78 is 5.60. The average Bonchev–Trinajstić information content (AvgIpc) is 3.27. The molecule has 144 valence electrons. The van der Waals surface area contributed by atoms with Gasteiger partial charge >= 0.3 is 0 Å². The van der Waals surface area contributed by atoms with Gasteiger partial charge in [0, 0.05) is 31.2 Å². The minimum Gasteiger partial charge on any atom is -0.381 e. The number of pyridine rings is 1. The molecule has 0 bridgehead atoms. The first kappa shape index (κ1) is 18.6. The molecule has 0 spiro atoms. The lowest BCUT2D eigenvalue weighted by Gasteiger charge is -2.23. The maximum Gasteiger partial charge on any atom is 0.180 e. The molecular formula is C23H26N4O. The van der Waals surface area contributed by atoms with Gasteiger partial charge in [0.1, 0.15) is 11.5 Å². The zero-order valence-electron chi connectivity index (χ0n) is 16.2. The van der Waals surface area contributed by atoms with E-state index in [-0.39, 0.29) is 6.04 Å². The quantitative estimate of drug-likeness (QED) is 0.651. The molecule has 2 atom stereocenters. The number of rotatable bonds is 7. The Hall–Kier alpha value is -2.79. The molecule has 3 heterocycles. The molecule has 2 aromatic heterocycles. The van der Waals surface area contributed by atoms with Crippen molar-refractivity contribution >= 4 is 5.82 Å². The topological polar surface area (TPSA) is 59.9 Å². The average molecular weight is 374 g/mol. The molecule has 0 saturated carbocycles. The standard InChI is InChI=1S/C23H26N4O/c1-2-19-15-22(27-23(25-19)20-10-6-7-12-24-20)26-21(14-17-11-13-28-16-17)18-8-4-3-5-9-18/h3-10,12,15,17,21H,2,11,13-14,16H2,1H3,(H,25,26,27). The number of anilines is 1. The number of nitrogens with zero attached hydrogens (tertiary/aromatic N) is 3. The molecule has 0 radical (unpaired) electrons. The lowest BCUT2D eigenvalue weighted by molar-refractivity contribution is 0.183. The maximum atomic E-state index is 5.60. The summed E-state index contributed by atoms with van der Waals surface area (Å²) in [5, 5.41) is 3.67. The second-order valence-corrected chi connectivity index (χ2v) is 7.21. The van der Waals surface area contributed by atoms with Crippen molar-refractivity contribution < 1.29 is 4.74 Å². The Bertz CT molecular complexity index is 880. The van der Waals surface area contributed by atoms with E-state index < -0.39 is 0 Å². The van der Waals surface area contributed by atoms with Crippen LogP contribution in [0.4, 0.5) is 5.82 Å². The Kier molecular flexibility index (Phi) is 5.92. The van der Waals surface area contributed by atoms with Crippen LogP contribution in [-0.4, -0.2) is 28.2 Å². The van der Waals surface area contributed by atoms with Gasteiger partial charge < -0.3 is 10.1 Å². The van der Waals surface area contributed by atoms with Gasteiger partial charge in [0.05, 0.1) is 6.04 Å². The molecule has 1 aromatic carbocycles. The third kappa shape index (κ3) is 4.54. The molecule has 1 fully saturated rings. The van der Waals surface area contributed by atoms with E-state index in [2.05, 4.69) is 52.5 Å². The summed E-state index contributed by atoms with van der Waals surface area (Å²) in [5.41, 5.74) is 3.07. The van der Waals surface area contributed by atoms with E-state index in [1.165, 1.54) is 5.56 Å². The highest BCUT2D eigenvalue weighted by Crippen LogP contribution is 2.30. The molecule has 2 unspecified atom stereocenters. The van der Waals surface area contributed by atoms with E-state index >= 15 is 0 Å². The zero-order chi connectivity index (χ0) is 19.2. The number of aryl methyl sites for hydroxylation is 1. The van der Waals surface area contributed by atoms with Crippen LogP contribution in [0.15, 0.2) is 60.8 Å². The lowest BCUT2D eigenvalue weighted by atomic mass is 9.94. The molecule has 1 saturated heterocycles. The Balaban J connectivity index is 1.63. The SMILES string of the molecule is CCc1cc(NC(CC2CCOC2)c2ccccc2)nc(-c2ccccn2)n1. The van der Waals surface area contributed by atoms with Crippen molar-refractivity contribution in [2.45, 2.75) is 32.2 Å². The summed E-state index contributed by atoms with van der Waals surface area (Å²) in [6.45, 7) is 3.82. The minimum atomic E-state index is 0.184. The van der Waals surface area contributed by atoms with Crippen LogP contribution < -0.4 is 5.32 Å². The van der Waals surface area contributed by atoms with Crippen LogP contribution in [0.25, 0.3) is 11.5 Å². The molecular weight excluding hydrogens is 348 g/mol. The molecule has 28 heavy (non-hydrogen) atoms. The molecule has 1 N–H and O–H groups in total. The smallest absolute Gasteiger partial charge is 0.180 e. The zero-order valence-corrected chi connectivity index (χ0v) is 16.2. The predicted octanol–water partition coefficient (Wildman–Crippen LogP) is 4.68. The highest BCUT2D eigenvalue weighted by molar-refractivity contribution is 5.53. The highest BCUT2D eigenvalue weighted by Gasteiger charge is 2.22. The fourth-order valence-electron chi connectivity index (χ4n) is 3.61. The normalized spacial score (nSPS) is 17.4. The van der Waals surface area contributed by atoms with Gasteiger partial charge in [-0.3, -0.25) is 4.98 Å². The number of ether oxygens (including phenoxy) is 1. The summed E-state index contributed by atoms with van der Waals surface area (Å²) in [4.78, 5) is 13.9. The molecule has 3 aromatic rings. The van der Waals surface area contributed by atoms with Crippen molar-refractivity contribution in [2.75, 3.05) is 18.5 Å². The van der Waals surface area contributed by atoms with E-state index in [0.29, 0.717) is 11.7 Å². The monoisotopic (exact) mass is 374 g/mol. The van der Waals surface area contributed by atoms with Gasteiger partial charge in [0.15, 0.2) is 5.82 Å². The minimum absolute atomic E-state index is 0.184. The van der Waals surface area contributed by atoms with Crippen molar-refractivity contribution in [3.63, 3.8) is 0 Å². The first-order valence-corrected chi connectivity index (χ1v) is 10.0. The van der Waals surface area contributed by atoms with E-state index in [1.807, 2.05) is 24.3 Å². The molecule has 0 aliphatic carbocycles. The Labute approximate surface area is 166 Å². The Morgan fingerprint density at radius 1 is 1.11 bits per heavy atom. The number of hydrogen-bond acceptors (Lipinski definition) is 5. The number of benzene rings is 1. The van der Waals surface area contributed by atoms with Crippen LogP contribution in [0.2, 0.25) is 0 Å². The van der Waals surface area contributed by atoms with E-state index in [9.17, 15) is 0 Å². The van der Waals surface area contributed by atoms with E-state index in [0.717, 1.165) is 49.7 Å². The van der Waals surface area contributed by atoms with Crippen molar-refractivity contribution in [1.82, 2.24) is 15.0 Å². The first-order valence-electron chi connectivity index (χ1n) is 10.0. The van der Waals surface area contributed by atoms with Gasteiger partial charge in [0.2, 0.25) is 0 Å². The second kappa shape index (κ2) is 8.93. The largest absolute Gasteiger partial charge is 0.381 e. The van der Waals surface area contributed by atoms with E-state index in [4.69, 9.17) is 9.72 Å². The third-order valence-corrected chi connectivity index (χ3v) is 5.15. The summed E-state index contributed by atoms with van der Waals surface area (Å²) in [5.74, 6) is 2.08. The molecule has 1 aliphatic rings. The summed E-state index contributed by atoms with van der Waals surface area (Å²) in [7, 11) is 0. The fourth-order valence-corrected chi connectivity index (χ4v) is 3.61. The van der Waals surface area contributed by atoms with Crippen LogP contribution >= 0.6 is 0 Å². The van der Waals surface area contributed by atoms with Gasteiger partial charge in [-0.1, -0.05) is 43.3 Å². The van der Waals surface area contributed by atoms with Crippen LogP contribution in [0.3, 0.4) is 0 Å². The van der Waals surface area contributed by atoms with Crippen LogP contribution in [0.1, 0.15) is 37.1 Å². The van der Waals surface area contributed by atoms with Crippen LogP contribution in [0.5, 0.6) is 0 Å². The van der Waals surface area contributed by atoms with Gasteiger partial charge in [-0.2, -0.15) is 0 Å². The number of hydrogen-bond donors (Lipinski definition) is 1. The molecule has 1 aliphatic heterocycles. The van der Waals surface area contributed by atoms with E-state index in [1.54, 1.807) is 6.20 Å². The van der Waals surface area contributed by atoms with Crippen molar-refractivity contribution in [3.8, 4) is 11.5 Å². The Morgan fingerprint density at radius 2 is 1.96 bits per heavy atom. The summed E-state index contributed by atoms with van der Waals surface area (Å²) in [6.07, 6.45) is 4.77. The highest BCUT2D eigenvalue weighted by atomic mass is 16.5. The van der Waals surface area contributed by atoms with Gasteiger partial charge in [-0.25, -0.2) is 9.97 Å². The first-order chi connectivity index (χ1) is 13.8. The molecule has 5 heteroatoms. The number of nitrogens with one attached hydrogen (secondary N) is 1. The lowest BCUT2D eigenvalue weighted by Crippen LogP contribution is -2.17. The van der Waals surface area contributed by atoms with Crippen LogP contribution in [0, 0.1) is 5.92 Å². The fraction of sp³-hybridized carbons (Fsp3) is 0.348. The van der Waals surface area contributed by atoms with Gasteiger partial charge in [-0.15, -0.1) is 0 Å². The summed E-state index contributed by atoms with van der Waals surface area (Å²) >= 11 is 0. The van der Waals surface area contributed by atoms with Crippen LogP contribution in [-0.2, 0) is 11.2 Å². The van der Waals surface area contributed by atoms with Crippen molar-refractivity contribution in [2.24, 2.45) is 5.92 Å². The molecule has 0 amide bonds. The van der Waals surface area contributed by atoms with Crippen molar-refractivity contribution in [1.29, 1.82) is 0 Å². The second-order valence-electron chi connectivity index (χ2n) is 7.21. The van der Waals surface area contributed by atoms with Gasteiger partial charge in [0.25, 0.3) is 0 Å². The van der Waals surface area contributed by atoms with Gasteiger partial charge in [-0.05, 0) is 42.9 Å². The summed E-state index contributed by atoms with van der Waals surface area (Å²) in [6, 6.07) is 18.6.